The van der Waals surface area contributed by atoms with Crippen LogP contribution in [-0.2, 0) is 4.79 Å². The highest BCUT2D eigenvalue weighted by Crippen LogP contribution is 2.44. The lowest BCUT2D eigenvalue weighted by atomic mass is 9.71. The Labute approximate surface area is 204 Å². The van der Waals surface area contributed by atoms with Crippen molar-refractivity contribution < 1.29 is 23.1 Å². The van der Waals surface area contributed by atoms with Crippen LogP contribution in [0.4, 0.5) is 19.0 Å². The predicted octanol–water partition coefficient (Wildman–Crippen LogP) is 6.32. The van der Waals surface area contributed by atoms with Crippen LogP contribution in [-0.4, -0.2) is 44.9 Å². The normalized spacial score (nSPS) is 26.2. The molecule has 2 fully saturated rings. The number of aryl methyl sites for hydroxylation is 1. The van der Waals surface area contributed by atoms with Gasteiger partial charge in [-0.15, -0.1) is 0 Å². The Morgan fingerprint density at radius 2 is 1.83 bits per heavy atom. The lowest BCUT2D eigenvalue weighted by Gasteiger charge is -2.44. The summed E-state index contributed by atoms with van der Waals surface area (Å²) < 4.78 is 41.3. The second-order valence-corrected chi connectivity index (χ2v) is 11.2. The van der Waals surface area contributed by atoms with Gasteiger partial charge in [-0.2, -0.15) is 22.8 Å². The van der Waals surface area contributed by atoms with Crippen LogP contribution in [0.15, 0.2) is 6.07 Å². The molecule has 0 amide bonds. The zero-order valence-electron chi connectivity index (χ0n) is 21.3. The van der Waals surface area contributed by atoms with Crippen LogP contribution in [0.3, 0.4) is 0 Å². The first-order valence-electron chi connectivity index (χ1n) is 12.8. The molecule has 2 aliphatic rings. The number of hydrogen-bond donors (Lipinski definition) is 1. The molecule has 0 aromatic carbocycles. The summed E-state index contributed by atoms with van der Waals surface area (Å²) in [6, 6.07) is 1.91. The van der Waals surface area contributed by atoms with Crippen LogP contribution >= 0.6 is 0 Å². The van der Waals surface area contributed by atoms with Gasteiger partial charge in [-0.1, -0.05) is 27.7 Å². The molecular formula is C26H37F3N4O2. The van der Waals surface area contributed by atoms with E-state index in [9.17, 15) is 23.1 Å². The van der Waals surface area contributed by atoms with Crippen LogP contribution in [0.2, 0.25) is 0 Å². The minimum atomic E-state index is -4.14. The average Bonchev–Trinajstić information content (AvgIpc) is 3.20. The fraction of sp³-hybridized carbons (Fsp3) is 0.731. The Morgan fingerprint density at radius 1 is 1.17 bits per heavy atom. The predicted molar refractivity (Wildman–Crippen MR) is 129 cm³/mol. The summed E-state index contributed by atoms with van der Waals surface area (Å²) >= 11 is 0. The van der Waals surface area contributed by atoms with Crippen molar-refractivity contribution in [2.75, 3.05) is 18.0 Å². The van der Waals surface area contributed by atoms with Crippen molar-refractivity contribution in [3.05, 3.63) is 23.0 Å². The van der Waals surface area contributed by atoms with E-state index >= 15 is 0 Å². The first-order valence-corrected chi connectivity index (χ1v) is 12.8. The molecule has 1 atom stereocenters. The summed E-state index contributed by atoms with van der Waals surface area (Å²) in [6.07, 6.45) is -1.57. The molecule has 1 aliphatic heterocycles. The number of aromatic nitrogens is 3. The van der Waals surface area contributed by atoms with Gasteiger partial charge in [0.25, 0.3) is 0 Å². The summed E-state index contributed by atoms with van der Waals surface area (Å²) in [7, 11) is 0. The minimum Gasteiger partial charge on any atom is -0.481 e. The first-order chi connectivity index (χ1) is 16.3. The van der Waals surface area contributed by atoms with Crippen LogP contribution in [0.1, 0.15) is 95.0 Å². The summed E-state index contributed by atoms with van der Waals surface area (Å²) in [5.41, 5.74) is 2.53. The van der Waals surface area contributed by atoms with E-state index in [0.29, 0.717) is 31.5 Å². The van der Waals surface area contributed by atoms with Crippen molar-refractivity contribution >= 4 is 17.4 Å². The summed E-state index contributed by atoms with van der Waals surface area (Å²) in [4.78, 5) is 19.4. The molecule has 1 aliphatic carbocycles. The van der Waals surface area contributed by atoms with Crippen molar-refractivity contribution in [3.63, 3.8) is 0 Å². The largest absolute Gasteiger partial charge is 0.481 e. The number of carboxylic acid groups (broad SMARTS) is 1. The number of rotatable bonds is 5. The monoisotopic (exact) mass is 494 g/mol. The topological polar surface area (TPSA) is 70.7 Å². The Morgan fingerprint density at radius 3 is 2.37 bits per heavy atom. The molecule has 0 bridgehead atoms. The van der Waals surface area contributed by atoms with Crippen molar-refractivity contribution in [1.29, 1.82) is 0 Å². The molecular weight excluding hydrogens is 457 g/mol. The third kappa shape index (κ3) is 4.62. The van der Waals surface area contributed by atoms with E-state index in [1.54, 1.807) is 0 Å². The number of hydrogen-bond acceptors (Lipinski definition) is 4. The number of anilines is 1. The van der Waals surface area contributed by atoms with Crippen molar-refractivity contribution in [1.82, 2.24) is 14.6 Å². The van der Waals surface area contributed by atoms with Crippen molar-refractivity contribution in [2.45, 2.75) is 91.2 Å². The standard InChI is InChI=1S/C26H37F3N4O2/c1-15(2)22-17(5)30-21-13-20(18-7-9-19(10-8-18)26(27,28)29)31-33(21)23(22)32-12-6-11-25(14-32,16(3)4)24(34)35/h13,15-16,18-19H,6-12,14H2,1-5H3,(H,34,35)/t18?,19?,25-/m1/s1. The van der Waals surface area contributed by atoms with Crippen LogP contribution in [0.25, 0.3) is 5.65 Å². The highest BCUT2D eigenvalue weighted by molar-refractivity contribution is 5.76. The number of carbonyl (C=O) groups is 1. The maximum absolute atomic E-state index is 13.2. The summed E-state index contributed by atoms with van der Waals surface area (Å²) in [5, 5.41) is 15.1. The van der Waals surface area contributed by atoms with Gasteiger partial charge in [0.05, 0.1) is 17.0 Å². The second kappa shape index (κ2) is 9.28. The Kier molecular flexibility index (Phi) is 6.83. The van der Waals surface area contributed by atoms with Gasteiger partial charge in [0.15, 0.2) is 5.65 Å². The molecule has 1 saturated carbocycles. The van der Waals surface area contributed by atoms with E-state index in [1.807, 2.05) is 31.4 Å². The van der Waals surface area contributed by atoms with Crippen molar-refractivity contribution in [2.24, 2.45) is 17.3 Å². The lowest BCUT2D eigenvalue weighted by Crippen LogP contribution is -2.51. The maximum Gasteiger partial charge on any atom is 0.391 e. The quantitative estimate of drug-likeness (QED) is 0.526. The zero-order valence-corrected chi connectivity index (χ0v) is 21.3. The number of piperidine rings is 1. The lowest BCUT2D eigenvalue weighted by molar-refractivity contribution is -0.182. The van der Waals surface area contributed by atoms with Crippen LogP contribution in [0, 0.1) is 24.2 Å². The van der Waals surface area contributed by atoms with Gasteiger partial charge in [0, 0.05) is 36.3 Å². The van der Waals surface area contributed by atoms with Gasteiger partial charge < -0.3 is 10.0 Å². The van der Waals surface area contributed by atoms with Gasteiger partial charge in [0.2, 0.25) is 0 Å². The van der Waals surface area contributed by atoms with Gasteiger partial charge in [0.1, 0.15) is 5.82 Å². The zero-order chi connectivity index (χ0) is 25.7. The van der Waals surface area contributed by atoms with E-state index < -0.39 is 23.5 Å². The molecule has 0 radical (unpaired) electrons. The second-order valence-electron chi connectivity index (χ2n) is 11.2. The number of carboxylic acids is 1. The molecule has 1 N–H and O–H groups in total. The molecule has 2 aromatic rings. The number of fused-ring (bicyclic) bond motifs is 1. The molecule has 0 unspecified atom stereocenters. The van der Waals surface area contributed by atoms with Gasteiger partial charge in [-0.25, -0.2) is 4.98 Å². The molecule has 4 rings (SSSR count). The van der Waals surface area contributed by atoms with Crippen LogP contribution < -0.4 is 4.90 Å². The highest BCUT2D eigenvalue weighted by atomic mass is 19.4. The van der Waals surface area contributed by atoms with E-state index in [0.717, 1.165) is 35.7 Å². The number of nitrogens with zero attached hydrogens (tertiary/aromatic N) is 4. The van der Waals surface area contributed by atoms with Gasteiger partial charge >= 0.3 is 12.1 Å². The van der Waals surface area contributed by atoms with Crippen LogP contribution in [0.5, 0.6) is 0 Å². The Bertz CT molecular complexity index is 1090. The van der Waals surface area contributed by atoms with E-state index in [4.69, 9.17) is 10.1 Å². The average molecular weight is 495 g/mol. The smallest absolute Gasteiger partial charge is 0.391 e. The van der Waals surface area contributed by atoms with Gasteiger partial charge in [-0.3, -0.25) is 4.79 Å². The van der Waals surface area contributed by atoms with E-state index in [2.05, 4.69) is 18.7 Å². The molecule has 194 valence electrons. The van der Waals surface area contributed by atoms with Gasteiger partial charge in [-0.05, 0) is 57.3 Å². The Hall–Kier alpha value is -2.32. The molecule has 0 spiro atoms. The highest BCUT2D eigenvalue weighted by Gasteiger charge is 2.46. The fourth-order valence-corrected chi connectivity index (χ4v) is 6.19. The Balaban J connectivity index is 1.76. The first kappa shape index (κ1) is 25.8. The third-order valence-corrected chi connectivity index (χ3v) is 8.36. The molecule has 2 aromatic heterocycles. The number of aliphatic carboxylic acids is 1. The maximum atomic E-state index is 13.2. The third-order valence-electron chi connectivity index (χ3n) is 8.36. The van der Waals surface area contributed by atoms with E-state index in [1.165, 1.54) is 0 Å². The fourth-order valence-electron chi connectivity index (χ4n) is 6.19. The molecule has 1 saturated heterocycles. The minimum absolute atomic E-state index is 0.0268. The molecule has 6 nitrogen and oxygen atoms in total. The molecule has 3 heterocycles. The number of alkyl halides is 3. The SMILES string of the molecule is Cc1nc2cc(C3CCC(C(F)(F)F)CC3)nn2c(N2CCC[C@](C(=O)O)(C(C)C)C2)c1C(C)C. The summed E-state index contributed by atoms with van der Waals surface area (Å²) in [5.74, 6) is -1.02. The molecule has 35 heavy (non-hydrogen) atoms. The van der Waals surface area contributed by atoms with Crippen molar-refractivity contribution in [3.8, 4) is 0 Å². The van der Waals surface area contributed by atoms with E-state index in [-0.39, 0.29) is 30.6 Å². The number of halogens is 3. The molecule has 9 heteroatoms. The summed E-state index contributed by atoms with van der Waals surface area (Å²) in [6.45, 7) is 11.2.